The summed E-state index contributed by atoms with van der Waals surface area (Å²) in [7, 11) is 3.74. The summed E-state index contributed by atoms with van der Waals surface area (Å²) in [5, 5.41) is 8.41. The number of methoxy groups -OCH3 is 1. The molecular formula is C41H62N8O5S5. The van der Waals surface area contributed by atoms with Crippen LogP contribution in [0.2, 0.25) is 0 Å². The van der Waals surface area contributed by atoms with Crippen LogP contribution in [0.25, 0.3) is 33.4 Å². The Morgan fingerprint density at radius 1 is 1.14 bits per heavy atom. The van der Waals surface area contributed by atoms with Crippen molar-refractivity contribution in [3.8, 4) is 22.5 Å². The highest BCUT2D eigenvalue weighted by molar-refractivity contribution is 7.59. The molecule has 3 aliphatic heterocycles. The fourth-order valence-corrected chi connectivity index (χ4v) is 9.09. The van der Waals surface area contributed by atoms with Crippen molar-refractivity contribution in [3.63, 3.8) is 0 Å². The van der Waals surface area contributed by atoms with E-state index in [1.165, 1.54) is 16.3 Å². The van der Waals surface area contributed by atoms with E-state index < -0.39 is 23.5 Å². The van der Waals surface area contributed by atoms with Crippen LogP contribution in [-0.2, 0) is 38.4 Å². The summed E-state index contributed by atoms with van der Waals surface area (Å²) in [6.07, 6.45) is 3.57. The van der Waals surface area contributed by atoms with E-state index in [9.17, 15) is 14.4 Å². The quantitative estimate of drug-likeness (QED) is 0.236. The number of aryl methyl sites for hydroxylation is 1. The Labute approximate surface area is 380 Å². The molecule has 4 atom stereocenters. The van der Waals surface area contributed by atoms with Gasteiger partial charge >= 0.3 is 12.0 Å². The molecule has 6 bridgehead atoms. The van der Waals surface area contributed by atoms with Crippen molar-refractivity contribution in [2.45, 2.75) is 91.1 Å². The highest BCUT2D eigenvalue weighted by Gasteiger charge is 2.37. The number of aromatic nitrogens is 3. The van der Waals surface area contributed by atoms with Crippen LogP contribution in [0.4, 0.5) is 4.79 Å². The van der Waals surface area contributed by atoms with Crippen molar-refractivity contribution in [1.82, 2.24) is 40.1 Å². The summed E-state index contributed by atoms with van der Waals surface area (Å²) < 4.78 is 14.2. The summed E-state index contributed by atoms with van der Waals surface area (Å²) in [6, 6.07) is 8.68. The predicted molar refractivity (Wildman–Crippen MR) is 255 cm³/mol. The monoisotopic (exact) mass is 906 g/mol. The molecule has 4 aromatic rings. The second-order valence-corrected chi connectivity index (χ2v) is 17.0. The lowest BCUT2D eigenvalue weighted by molar-refractivity contribution is -0.155. The molecule has 0 spiro atoms. The molecule has 0 aliphatic carbocycles. The lowest BCUT2D eigenvalue weighted by Gasteiger charge is -2.39. The maximum atomic E-state index is 14.3. The number of cyclic esters (lactones) is 1. The number of benzene rings is 1. The Bertz CT molecular complexity index is 2080. The number of hydrazine groups is 1. The van der Waals surface area contributed by atoms with Gasteiger partial charge < -0.3 is 29.2 Å². The van der Waals surface area contributed by atoms with Crippen molar-refractivity contribution in [1.29, 1.82) is 0 Å². The number of hydrogen-bond donors (Lipinski definition) is 2. The van der Waals surface area contributed by atoms with E-state index in [2.05, 4.69) is 65.2 Å². The molecule has 0 radical (unpaired) electrons. The molecule has 2 saturated heterocycles. The Morgan fingerprint density at radius 2 is 1.90 bits per heavy atom. The van der Waals surface area contributed by atoms with E-state index in [0.29, 0.717) is 32.4 Å². The van der Waals surface area contributed by atoms with Gasteiger partial charge in [-0.1, -0.05) is 19.9 Å². The molecule has 2 fully saturated rings. The van der Waals surface area contributed by atoms with Crippen molar-refractivity contribution in [2.24, 2.45) is 5.41 Å². The second kappa shape index (κ2) is 21.2. The van der Waals surface area contributed by atoms with E-state index in [4.69, 9.17) is 19.4 Å². The largest absolute Gasteiger partial charge is 0.464 e. The third-order valence-corrected chi connectivity index (χ3v) is 12.1. The Hall–Kier alpha value is -2.97. The van der Waals surface area contributed by atoms with Crippen LogP contribution in [0, 0.1) is 5.41 Å². The van der Waals surface area contributed by atoms with Gasteiger partial charge in [0.05, 0.1) is 34.8 Å². The maximum Gasteiger partial charge on any atom is 0.324 e. The molecule has 326 valence electrons. The number of nitrogens with zero attached hydrogens (tertiary/aromatic N) is 6. The first-order valence-corrected chi connectivity index (χ1v) is 20.3. The number of ether oxygens (including phenoxy) is 2. The third kappa shape index (κ3) is 10.7. The number of rotatable bonds is 5. The van der Waals surface area contributed by atoms with Gasteiger partial charge in [-0.15, -0.1) is 11.3 Å². The summed E-state index contributed by atoms with van der Waals surface area (Å²) in [4.78, 5) is 55.6. The van der Waals surface area contributed by atoms with E-state index in [-0.39, 0.29) is 91.1 Å². The minimum atomic E-state index is -0.892. The number of thiazole rings is 1. The first-order valence-electron chi connectivity index (χ1n) is 19.4. The number of urea groups is 1. The number of likely N-dealkylation sites (N-methyl/N-ethyl adjacent to an activating group) is 1. The van der Waals surface area contributed by atoms with E-state index >= 15 is 0 Å². The molecular weight excluding hydrogens is 845 g/mol. The highest BCUT2D eigenvalue weighted by atomic mass is 32.1. The van der Waals surface area contributed by atoms with Gasteiger partial charge in [0.25, 0.3) is 5.91 Å². The van der Waals surface area contributed by atoms with E-state index in [1.54, 1.807) is 18.2 Å². The van der Waals surface area contributed by atoms with Gasteiger partial charge in [0.2, 0.25) is 0 Å². The molecule has 2 N–H and O–H groups in total. The molecule has 7 rings (SSSR count). The number of amides is 3. The zero-order valence-electron chi connectivity index (χ0n) is 35.1. The van der Waals surface area contributed by atoms with Gasteiger partial charge in [-0.2, -0.15) is 54.0 Å². The third-order valence-electron chi connectivity index (χ3n) is 11.2. The summed E-state index contributed by atoms with van der Waals surface area (Å²) in [5.41, 5.74) is 9.65. The number of hydrogen-bond acceptors (Lipinski definition) is 10. The molecule has 1 aromatic carbocycles. The fraction of sp³-hybridized carbons (Fsp3) is 0.537. The summed E-state index contributed by atoms with van der Waals surface area (Å²) in [6.45, 7) is 13.8. The predicted octanol–water partition coefficient (Wildman–Crippen LogP) is 5.88. The van der Waals surface area contributed by atoms with Crippen LogP contribution in [0.3, 0.4) is 0 Å². The molecule has 59 heavy (non-hydrogen) atoms. The highest BCUT2D eigenvalue weighted by Crippen LogP contribution is 2.42. The average molecular weight is 907 g/mol. The van der Waals surface area contributed by atoms with Crippen molar-refractivity contribution >= 4 is 94.1 Å². The Balaban J connectivity index is 0.00000233. The number of fused-ring (bicyclic) bond motifs is 6. The lowest BCUT2D eigenvalue weighted by Crippen LogP contribution is -2.62. The van der Waals surface area contributed by atoms with E-state index in [1.807, 2.05) is 32.3 Å². The first kappa shape index (κ1) is 50.4. The standard InChI is InChI=1S/C41H54N8O5S.4H2S/c1-8-47-34-14-13-27-19-29(34)30(37(47)28-11-9-15-42-36(28)26(3)53-7)21-41(4,5)24-54-39(51)31-12-10-16-49(45-31)38(50)32(20-35-43-33(27)23-55-35)44-40(52)48-18-17-46(6)22-25(48)2;;;;/h9,11,13-15,19,23,25-26,31-32,45H,8,10,12,16-18,20-22,24H2,1-7H3,(H,44,52);4*1H2/t25-,26-,31-,32-;;;;/m0..../s1. The Morgan fingerprint density at radius 3 is 2.61 bits per heavy atom. The zero-order chi connectivity index (χ0) is 39.0. The lowest BCUT2D eigenvalue weighted by atomic mass is 9.84. The van der Waals surface area contributed by atoms with Crippen LogP contribution in [0.15, 0.2) is 41.9 Å². The minimum Gasteiger partial charge on any atom is -0.464 e. The number of nitrogens with one attached hydrogen (secondary N) is 2. The van der Waals surface area contributed by atoms with Gasteiger partial charge in [0.1, 0.15) is 12.1 Å². The van der Waals surface area contributed by atoms with Crippen LogP contribution in [-0.4, -0.2) is 112 Å². The van der Waals surface area contributed by atoms with Gasteiger partial charge in [-0.05, 0) is 76.9 Å². The summed E-state index contributed by atoms with van der Waals surface area (Å²) >= 11 is 1.48. The number of esters is 1. The van der Waals surface area contributed by atoms with Crippen LogP contribution < -0.4 is 10.7 Å². The Kier molecular flexibility index (Phi) is 18.1. The SMILES string of the molecule is CCn1c(-c2cccnc2[C@H](C)OC)c2c3cc(ccc31)-c1csc(n1)C[C@H](NC(=O)N1CCN(C)C[C@@H]1C)C(=O)N1CCC[C@H](N1)C(=O)OCC(C)(C)C2.S.S.S.S. The molecule has 18 heteroatoms. The normalized spacial score (nSPS) is 21.4. The minimum absolute atomic E-state index is 0. The number of pyridine rings is 1. The zero-order valence-corrected chi connectivity index (χ0v) is 39.9. The van der Waals surface area contributed by atoms with Gasteiger partial charge in [-0.3, -0.25) is 19.6 Å². The van der Waals surface area contributed by atoms with Gasteiger partial charge in [0.15, 0.2) is 0 Å². The van der Waals surface area contributed by atoms with Crippen molar-refractivity contribution in [3.05, 3.63) is 58.2 Å². The fourth-order valence-electron chi connectivity index (χ4n) is 8.24. The van der Waals surface area contributed by atoms with Gasteiger partial charge in [0, 0.05) is 91.3 Å². The molecule has 0 saturated carbocycles. The molecule has 13 nitrogen and oxygen atoms in total. The summed E-state index contributed by atoms with van der Waals surface area (Å²) in [5.74, 6) is -0.701. The number of carbonyl (C=O) groups excluding carboxylic acids is 3. The topological polar surface area (TPSA) is 134 Å². The molecule has 3 aromatic heterocycles. The van der Waals surface area contributed by atoms with Crippen molar-refractivity contribution in [2.75, 3.05) is 46.9 Å². The smallest absolute Gasteiger partial charge is 0.324 e. The molecule has 3 aliphatic rings. The van der Waals surface area contributed by atoms with Crippen molar-refractivity contribution < 1.29 is 23.9 Å². The molecule has 6 heterocycles. The first-order chi connectivity index (χ1) is 26.4. The van der Waals surface area contributed by atoms with E-state index in [0.717, 1.165) is 69.3 Å². The average Bonchev–Trinajstić information content (AvgIpc) is 3.77. The maximum absolute atomic E-state index is 14.3. The van der Waals surface area contributed by atoms with Crippen LogP contribution >= 0.6 is 65.3 Å². The van der Waals surface area contributed by atoms with Crippen LogP contribution in [0.5, 0.6) is 0 Å². The number of carbonyl (C=O) groups is 3. The second-order valence-electron chi connectivity index (χ2n) is 16.0. The number of piperazine rings is 1. The molecule has 3 amide bonds. The van der Waals surface area contributed by atoms with Gasteiger partial charge in [-0.25, -0.2) is 15.2 Å². The van der Waals surface area contributed by atoms with Crippen LogP contribution in [0.1, 0.15) is 69.8 Å². The molecule has 0 unspecified atom stereocenters.